The number of carboxylic acid groups (broad SMARTS) is 2. The van der Waals surface area contributed by atoms with Gasteiger partial charge in [-0.25, -0.2) is 9.59 Å². The smallest absolute Gasteiger partial charge is 0.336 e. The van der Waals surface area contributed by atoms with E-state index in [0.717, 1.165) is 19.1 Å². The zero-order valence-electron chi connectivity index (χ0n) is 10.4. The zero-order chi connectivity index (χ0) is 14.7. The summed E-state index contributed by atoms with van der Waals surface area (Å²) in [4.78, 5) is 45.2. The lowest BCUT2D eigenvalue weighted by molar-refractivity contribution is 0.0676. The minimum absolute atomic E-state index is 0.0404. The van der Waals surface area contributed by atoms with Gasteiger partial charge in [-0.1, -0.05) is 6.92 Å². The van der Waals surface area contributed by atoms with Gasteiger partial charge in [-0.3, -0.25) is 9.59 Å². The van der Waals surface area contributed by atoms with Crippen molar-refractivity contribution in [3.05, 3.63) is 34.4 Å². The average molecular weight is 264 g/mol. The summed E-state index contributed by atoms with van der Waals surface area (Å²) in [5, 5.41) is 18.0. The second-order valence-corrected chi connectivity index (χ2v) is 3.89. The monoisotopic (exact) mass is 264 g/mol. The van der Waals surface area contributed by atoms with Gasteiger partial charge in [-0.2, -0.15) is 0 Å². The Morgan fingerprint density at radius 1 is 0.895 bits per heavy atom. The summed E-state index contributed by atoms with van der Waals surface area (Å²) in [6.45, 7) is 2.67. The van der Waals surface area contributed by atoms with Crippen LogP contribution >= 0.6 is 0 Å². The van der Waals surface area contributed by atoms with Gasteiger partial charge in [0.15, 0.2) is 11.6 Å². The number of carbonyl (C=O) groups is 4. The Morgan fingerprint density at radius 2 is 1.32 bits per heavy atom. The Labute approximate surface area is 108 Å². The normalized spacial score (nSPS) is 10.0. The van der Waals surface area contributed by atoms with Crippen molar-refractivity contribution in [2.45, 2.75) is 20.3 Å². The third kappa shape index (κ3) is 2.85. The van der Waals surface area contributed by atoms with Crippen molar-refractivity contribution >= 4 is 23.5 Å². The number of aromatic carboxylic acids is 2. The van der Waals surface area contributed by atoms with E-state index in [4.69, 9.17) is 10.2 Å². The summed E-state index contributed by atoms with van der Waals surface area (Å²) in [5.41, 5.74) is -1.15. The van der Waals surface area contributed by atoms with E-state index in [9.17, 15) is 19.2 Å². The van der Waals surface area contributed by atoms with Crippen molar-refractivity contribution in [2.75, 3.05) is 0 Å². The summed E-state index contributed by atoms with van der Waals surface area (Å²) in [6.07, 6.45) is 0.0404. The molecule has 0 fully saturated rings. The molecule has 2 N–H and O–H groups in total. The van der Waals surface area contributed by atoms with Crippen LogP contribution < -0.4 is 0 Å². The molecule has 0 aromatic heterocycles. The SMILES string of the molecule is CCC(=O)c1cc(C(=O)O)c(C(C)=O)cc1C(=O)O. The van der Waals surface area contributed by atoms with Crippen LogP contribution in [0.4, 0.5) is 0 Å². The quantitative estimate of drug-likeness (QED) is 0.786. The van der Waals surface area contributed by atoms with Gasteiger partial charge in [0.2, 0.25) is 0 Å². The lowest BCUT2D eigenvalue weighted by Crippen LogP contribution is -2.14. The van der Waals surface area contributed by atoms with E-state index in [1.54, 1.807) is 0 Å². The Bertz CT molecular complexity index is 585. The molecule has 1 aromatic rings. The first-order chi connectivity index (χ1) is 8.79. The summed E-state index contributed by atoms with van der Waals surface area (Å²) in [6, 6.07) is 1.89. The molecule has 0 unspecified atom stereocenters. The second-order valence-electron chi connectivity index (χ2n) is 3.89. The van der Waals surface area contributed by atoms with Crippen LogP contribution in [0.15, 0.2) is 12.1 Å². The number of carbonyl (C=O) groups excluding carboxylic acids is 2. The highest BCUT2D eigenvalue weighted by Crippen LogP contribution is 2.20. The molecule has 6 heteroatoms. The molecule has 0 bridgehead atoms. The van der Waals surface area contributed by atoms with Gasteiger partial charge < -0.3 is 10.2 Å². The molecule has 0 spiro atoms. The molecule has 0 aliphatic carbocycles. The van der Waals surface area contributed by atoms with Crippen LogP contribution in [0, 0.1) is 0 Å². The van der Waals surface area contributed by atoms with Crippen molar-refractivity contribution in [1.29, 1.82) is 0 Å². The lowest BCUT2D eigenvalue weighted by Gasteiger charge is -2.09. The van der Waals surface area contributed by atoms with Gasteiger partial charge in [-0.15, -0.1) is 0 Å². The molecule has 1 rings (SSSR count). The number of benzene rings is 1. The summed E-state index contributed by atoms with van der Waals surface area (Å²) in [5.74, 6) is -3.83. The van der Waals surface area contributed by atoms with Crippen molar-refractivity contribution < 1.29 is 29.4 Å². The van der Waals surface area contributed by atoms with Gasteiger partial charge >= 0.3 is 11.9 Å². The molecule has 0 amide bonds. The van der Waals surface area contributed by atoms with Crippen molar-refractivity contribution in [3.8, 4) is 0 Å². The van der Waals surface area contributed by atoms with Crippen molar-refractivity contribution in [1.82, 2.24) is 0 Å². The summed E-state index contributed by atoms with van der Waals surface area (Å²) >= 11 is 0. The number of ketones is 2. The van der Waals surface area contributed by atoms with Crippen LogP contribution in [0.1, 0.15) is 61.7 Å². The van der Waals surface area contributed by atoms with E-state index in [2.05, 4.69) is 0 Å². The van der Waals surface area contributed by atoms with Crippen LogP contribution in [-0.2, 0) is 0 Å². The Balaban J connectivity index is 3.69. The predicted molar refractivity (Wildman–Crippen MR) is 65.0 cm³/mol. The van der Waals surface area contributed by atoms with Crippen LogP contribution in [0.25, 0.3) is 0 Å². The number of rotatable bonds is 5. The third-order valence-corrected chi connectivity index (χ3v) is 2.62. The van der Waals surface area contributed by atoms with Crippen molar-refractivity contribution in [3.63, 3.8) is 0 Å². The Morgan fingerprint density at radius 3 is 1.68 bits per heavy atom. The van der Waals surface area contributed by atoms with Crippen LogP contribution in [0.5, 0.6) is 0 Å². The summed E-state index contributed by atoms with van der Waals surface area (Å²) < 4.78 is 0. The fourth-order valence-electron chi connectivity index (χ4n) is 1.67. The molecule has 0 saturated carbocycles. The molecule has 6 nitrogen and oxygen atoms in total. The highest BCUT2D eigenvalue weighted by atomic mass is 16.4. The van der Waals surface area contributed by atoms with Crippen LogP contribution in [-0.4, -0.2) is 33.7 Å². The van der Waals surface area contributed by atoms with Gasteiger partial charge in [-0.05, 0) is 19.1 Å². The number of hydrogen-bond acceptors (Lipinski definition) is 4. The fraction of sp³-hybridized carbons (Fsp3) is 0.231. The maximum Gasteiger partial charge on any atom is 0.336 e. The topological polar surface area (TPSA) is 109 Å². The molecular weight excluding hydrogens is 252 g/mol. The molecule has 0 heterocycles. The minimum atomic E-state index is -1.38. The predicted octanol–water partition coefficient (Wildman–Crippen LogP) is 1.88. The van der Waals surface area contributed by atoms with Crippen LogP contribution in [0.3, 0.4) is 0 Å². The molecule has 0 radical (unpaired) electrons. The lowest BCUT2D eigenvalue weighted by atomic mass is 9.93. The first kappa shape index (κ1) is 14.6. The van der Waals surface area contributed by atoms with E-state index >= 15 is 0 Å². The molecule has 0 aliphatic heterocycles. The van der Waals surface area contributed by atoms with Crippen molar-refractivity contribution in [2.24, 2.45) is 0 Å². The molecule has 0 aliphatic rings. The summed E-state index contributed by atoms with van der Waals surface area (Å²) in [7, 11) is 0. The third-order valence-electron chi connectivity index (χ3n) is 2.62. The fourth-order valence-corrected chi connectivity index (χ4v) is 1.67. The number of hydrogen-bond donors (Lipinski definition) is 2. The van der Waals surface area contributed by atoms with Gasteiger partial charge in [0.25, 0.3) is 0 Å². The van der Waals surface area contributed by atoms with Gasteiger partial charge in [0.1, 0.15) is 0 Å². The van der Waals surface area contributed by atoms with Gasteiger partial charge in [0.05, 0.1) is 11.1 Å². The maximum absolute atomic E-state index is 11.7. The van der Waals surface area contributed by atoms with E-state index in [-0.39, 0.29) is 28.7 Å². The van der Waals surface area contributed by atoms with E-state index < -0.39 is 23.5 Å². The number of Topliss-reactive ketones (excluding diaryl/α,β-unsaturated/α-hetero) is 2. The maximum atomic E-state index is 11.7. The Hall–Kier alpha value is -2.50. The standard InChI is InChI=1S/C13H12O6/c1-3-11(15)8-5-9(12(16)17)7(6(2)14)4-10(8)13(18)19/h4-5H,3H2,1-2H3,(H,16,17)(H,18,19). The highest BCUT2D eigenvalue weighted by Gasteiger charge is 2.23. The largest absolute Gasteiger partial charge is 0.478 e. The average Bonchev–Trinajstić information content (AvgIpc) is 2.35. The molecule has 19 heavy (non-hydrogen) atoms. The minimum Gasteiger partial charge on any atom is -0.478 e. The zero-order valence-corrected chi connectivity index (χ0v) is 10.4. The molecular formula is C13H12O6. The van der Waals surface area contributed by atoms with E-state index in [0.29, 0.717) is 0 Å². The first-order valence-corrected chi connectivity index (χ1v) is 5.48. The highest BCUT2D eigenvalue weighted by molar-refractivity contribution is 6.12. The molecule has 0 atom stereocenters. The molecule has 100 valence electrons. The molecule has 0 saturated heterocycles. The second kappa shape index (κ2) is 5.43. The van der Waals surface area contributed by atoms with E-state index in [1.165, 1.54) is 6.92 Å². The molecule has 1 aromatic carbocycles. The van der Waals surface area contributed by atoms with E-state index in [1.807, 2.05) is 0 Å². The van der Waals surface area contributed by atoms with Gasteiger partial charge in [0, 0.05) is 17.5 Å². The number of carboxylic acids is 2. The van der Waals surface area contributed by atoms with Crippen LogP contribution in [0.2, 0.25) is 0 Å². The first-order valence-electron chi connectivity index (χ1n) is 5.48. The Kier molecular flexibility index (Phi) is 4.16.